The molecule has 0 aliphatic rings. The number of aromatic nitrogens is 2. The average molecular weight is 276 g/mol. The van der Waals surface area contributed by atoms with Crippen LogP contribution in [0.5, 0.6) is 11.5 Å². The van der Waals surface area contributed by atoms with Crippen LogP contribution in [0.25, 0.3) is 11.1 Å². The first-order chi connectivity index (χ1) is 9.49. The minimum absolute atomic E-state index is 0.0252. The second-order valence-corrected chi connectivity index (χ2v) is 4.31. The van der Waals surface area contributed by atoms with Crippen molar-refractivity contribution in [2.75, 3.05) is 14.2 Å². The van der Waals surface area contributed by atoms with Crippen LogP contribution < -0.4 is 9.47 Å². The molecule has 0 saturated carbocycles. The van der Waals surface area contributed by atoms with Crippen LogP contribution in [0.2, 0.25) is 0 Å². The van der Waals surface area contributed by atoms with Gasteiger partial charge >= 0.3 is 5.97 Å². The second-order valence-electron chi connectivity index (χ2n) is 4.31. The van der Waals surface area contributed by atoms with E-state index in [1.54, 1.807) is 37.0 Å². The molecular formula is C14H16N2O4. The first kappa shape index (κ1) is 13.9. The van der Waals surface area contributed by atoms with Crippen LogP contribution in [-0.2, 0) is 7.05 Å². The van der Waals surface area contributed by atoms with Gasteiger partial charge in [-0.25, -0.2) is 4.79 Å². The van der Waals surface area contributed by atoms with Gasteiger partial charge in [-0.05, 0) is 24.6 Å². The predicted octanol–water partition coefficient (Wildman–Crippen LogP) is 2.11. The molecule has 6 heteroatoms. The topological polar surface area (TPSA) is 73.6 Å². The standard InChI is InChI=1S/C14H16N2O4/c1-8-12(13(14(17)18)15-16(8)2)9-5-6-10(19-3)11(7-9)20-4/h5-7H,1-4H3,(H,17,18). The Kier molecular flexibility index (Phi) is 3.65. The molecule has 0 saturated heterocycles. The van der Waals surface area contributed by atoms with Crippen LogP contribution in [-0.4, -0.2) is 35.1 Å². The van der Waals surface area contributed by atoms with E-state index in [0.29, 0.717) is 17.1 Å². The number of rotatable bonds is 4. The molecule has 0 aliphatic carbocycles. The van der Waals surface area contributed by atoms with Crippen molar-refractivity contribution >= 4 is 5.97 Å². The summed E-state index contributed by atoms with van der Waals surface area (Å²) in [6.45, 7) is 1.82. The number of hydrogen-bond donors (Lipinski definition) is 1. The number of carboxylic acids is 1. The van der Waals surface area contributed by atoms with E-state index in [0.717, 1.165) is 11.3 Å². The Hall–Kier alpha value is -2.50. The molecule has 2 rings (SSSR count). The minimum atomic E-state index is -1.06. The molecule has 1 N–H and O–H groups in total. The van der Waals surface area contributed by atoms with Crippen molar-refractivity contribution in [1.82, 2.24) is 9.78 Å². The van der Waals surface area contributed by atoms with Gasteiger partial charge in [0, 0.05) is 18.3 Å². The Balaban J connectivity index is 2.65. The first-order valence-corrected chi connectivity index (χ1v) is 5.98. The van der Waals surface area contributed by atoms with Crippen molar-refractivity contribution in [3.8, 4) is 22.6 Å². The highest BCUT2D eigenvalue weighted by molar-refractivity contribution is 5.95. The molecule has 106 valence electrons. The zero-order chi connectivity index (χ0) is 14.9. The zero-order valence-corrected chi connectivity index (χ0v) is 11.8. The van der Waals surface area contributed by atoms with Gasteiger partial charge in [0.1, 0.15) is 0 Å². The summed E-state index contributed by atoms with van der Waals surface area (Å²) in [5.41, 5.74) is 2.11. The van der Waals surface area contributed by atoms with Crippen LogP contribution in [0.3, 0.4) is 0 Å². The monoisotopic (exact) mass is 276 g/mol. The van der Waals surface area contributed by atoms with Gasteiger partial charge in [0.15, 0.2) is 17.2 Å². The molecule has 20 heavy (non-hydrogen) atoms. The van der Waals surface area contributed by atoms with E-state index >= 15 is 0 Å². The summed E-state index contributed by atoms with van der Waals surface area (Å²) in [5.74, 6) is 0.0812. The molecule has 6 nitrogen and oxygen atoms in total. The van der Waals surface area contributed by atoms with Gasteiger partial charge in [-0.1, -0.05) is 6.07 Å². The zero-order valence-electron chi connectivity index (χ0n) is 11.8. The predicted molar refractivity (Wildman–Crippen MR) is 73.4 cm³/mol. The first-order valence-electron chi connectivity index (χ1n) is 5.98. The van der Waals surface area contributed by atoms with Crippen molar-refractivity contribution in [2.24, 2.45) is 7.05 Å². The molecule has 0 radical (unpaired) electrons. The number of aromatic carboxylic acids is 1. The molecule has 1 heterocycles. The molecule has 2 aromatic rings. The average Bonchev–Trinajstić information content (AvgIpc) is 2.74. The SMILES string of the molecule is COc1ccc(-c2c(C(=O)O)nn(C)c2C)cc1OC. The van der Waals surface area contributed by atoms with Gasteiger partial charge < -0.3 is 14.6 Å². The molecule has 0 atom stereocenters. The number of carboxylic acid groups (broad SMARTS) is 1. The summed E-state index contributed by atoms with van der Waals surface area (Å²) in [6.07, 6.45) is 0. The maximum Gasteiger partial charge on any atom is 0.357 e. The highest BCUT2D eigenvalue weighted by atomic mass is 16.5. The van der Waals surface area contributed by atoms with Crippen molar-refractivity contribution in [1.29, 1.82) is 0 Å². The van der Waals surface area contributed by atoms with Gasteiger partial charge in [-0.3, -0.25) is 4.68 Å². The number of methoxy groups -OCH3 is 2. The quantitative estimate of drug-likeness (QED) is 0.925. The van der Waals surface area contributed by atoms with Gasteiger partial charge in [0.25, 0.3) is 0 Å². The van der Waals surface area contributed by atoms with Gasteiger partial charge in [-0.15, -0.1) is 0 Å². The number of benzene rings is 1. The lowest BCUT2D eigenvalue weighted by molar-refractivity contribution is 0.0690. The number of aryl methyl sites for hydroxylation is 1. The van der Waals surface area contributed by atoms with Gasteiger partial charge in [-0.2, -0.15) is 5.10 Å². The van der Waals surface area contributed by atoms with Crippen molar-refractivity contribution in [3.63, 3.8) is 0 Å². The van der Waals surface area contributed by atoms with E-state index in [2.05, 4.69) is 5.10 Å². The summed E-state index contributed by atoms with van der Waals surface area (Å²) in [4.78, 5) is 11.3. The Morgan fingerprint density at radius 3 is 2.45 bits per heavy atom. The molecule has 0 spiro atoms. The summed E-state index contributed by atoms with van der Waals surface area (Å²) in [6, 6.07) is 5.28. The van der Waals surface area contributed by atoms with E-state index in [1.807, 2.05) is 6.92 Å². The maximum atomic E-state index is 11.3. The molecule has 0 bridgehead atoms. The van der Waals surface area contributed by atoms with Crippen molar-refractivity contribution in [3.05, 3.63) is 29.6 Å². The molecule has 1 aromatic carbocycles. The van der Waals surface area contributed by atoms with E-state index in [1.165, 1.54) is 7.11 Å². The molecule has 0 unspecified atom stereocenters. The van der Waals surface area contributed by atoms with Crippen LogP contribution in [0, 0.1) is 6.92 Å². The van der Waals surface area contributed by atoms with E-state index in [-0.39, 0.29) is 5.69 Å². The normalized spacial score (nSPS) is 10.4. The number of nitrogens with zero attached hydrogens (tertiary/aromatic N) is 2. The fourth-order valence-corrected chi connectivity index (χ4v) is 2.10. The highest BCUT2D eigenvalue weighted by Gasteiger charge is 2.21. The molecule has 0 aliphatic heterocycles. The van der Waals surface area contributed by atoms with Crippen LogP contribution in [0.1, 0.15) is 16.2 Å². The van der Waals surface area contributed by atoms with E-state index < -0.39 is 5.97 Å². The molecule has 0 amide bonds. The summed E-state index contributed by atoms with van der Waals surface area (Å²) in [7, 11) is 4.80. The van der Waals surface area contributed by atoms with Crippen LogP contribution in [0.4, 0.5) is 0 Å². The lowest BCUT2D eigenvalue weighted by atomic mass is 10.0. The third-order valence-electron chi connectivity index (χ3n) is 3.21. The Labute approximate surface area is 116 Å². The Bertz CT molecular complexity index is 661. The highest BCUT2D eigenvalue weighted by Crippen LogP contribution is 2.34. The second kappa shape index (κ2) is 5.24. The third-order valence-corrected chi connectivity index (χ3v) is 3.21. The summed E-state index contributed by atoms with van der Waals surface area (Å²) >= 11 is 0. The van der Waals surface area contributed by atoms with Crippen molar-refractivity contribution < 1.29 is 19.4 Å². The number of ether oxygens (including phenoxy) is 2. The van der Waals surface area contributed by atoms with E-state index in [9.17, 15) is 9.90 Å². The number of hydrogen-bond acceptors (Lipinski definition) is 4. The molecule has 0 fully saturated rings. The molecule has 1 aromatic heterocycles. The Morgan fingerprint density at radius 1 is 1.25 bits per heavy atom. The summed E-state index contributed by atoms with van der Waals surface area (Å²) < 4.78 is 12.0. The fourth-order valence-electron chi connectivity index (χ4n) is 2.10. The van der Waals surface area contributed by atoms with Gasteiger partial charge in [0.2, 0.25) is 0 Å². The van der Waals surface area contributed by atoms with Crippen LogP contribution >= 0.6 is 0 Å². The fraction of sp³-hybridized carbons (Fsp3) is 0.286. The lowest BCUT2D eigenvalue weighted by Crippen LogP contribution is -2.00. The third kappa shape index (κ3) is 2.20. The lowest BCUT2D eigenvalue weighted by Gasteiger charge is -2.10. The van der Waals surface area contributed by atoms with Crippen LogP contribution in [0.15, 0.2) is 18.2 Å². The van der Waals surface area contributed by atoms with Gasteiger partial charge in [0.05, 0.1) is 14.2 Å². The van der Waals surface area contributed by atoms with Crippen molar-refractivity contribution in [2.45, 2.75) is 6.92 Å². The maximum absolute atomic E-state index is 11.3. The minimum Gasteiger partial charge on any atom is -0.493 e. The largest absolute Gasteiger partial charge is 0.493 e. The Morgan fingerprint density at radius 2 is 1.90 bits per heavy atom. The number of carbonyl (C=O) groups is 1. The molecular weight excluding hydrogens is 260 g/mol. The van der Waals surface area contributed by atoms with E-state index in [4.69, 9.17) is 9.47 Å². The smallest absolute Gasteiger partial charge is 0.357 e. The summed E-state index contributed by atoms with van der Waals surface area (Å²) in [5, 5.41) is 13.3.